The van der Waals surface area contributed by atoms with Crippen molar-refractivity contribution in [1.29, 1.82) is 0 Å². The number of alkyl carbamates (subject to hydrolysis) is 1. The lowest BCUT2D eigenvalue weighted by atomic mass is 10.1. The van der Waals surface area contributed by atoms with Crippen molar-refractivity contribution in [3.05, 3.63) is 17.0 Å². The molecule has 0 saturated carbocycles. The number of hydrogen-bond acceptors (Lipinski definition) is 8. The third-order valence-corrected chi connectivity index (χ3v) is 5.16. The fraction of sp³-hybridized carbons (Fsp3) is 0.769. The normalized spacial score (nSPS) is 11.9. The van der Waals surface area contributed by atoms with Crippen molar-refractivity contribution in [3.63, 3.8) is 0 Å². The SMILES string of the molecule is CCOC(=O)CCCN(CCNC(=O)OC(C)(C)C)CCn1nc(C)c(CC(=O)OC(C)(C)C)c1C. The van der Waals surface area contributed by atoms with Crippen LogP contribution in [0.4, 0.5) is 4.79 Å². The Bertz CT molecular complexity index is 867. The van der Waals surface area contributed by atoms with Gasteiger partial charge >= 0.3 is 18.0 Å². The van der Waals surface area contributed by atoms with Crippen LogP contribution in [0, 0.1) is 13.8 Å². The number of carbonyl (C=O) groups is 3. The average Bonchev–Trinajstić information content (AvgIpc) is 2.96. The van der Waals surface area contributed by atoms with Gasteiger partial charge in [-0.25, -0.2) is 4.79 Å². The first-order chi connectivity index (χ1) is 16.6. The summed E-state index contributed by atoms with van der Waals surface area (Å²) >= 11 is 0. The fourth-order valence-electron chi connectivity index (χ4n) is 3.61. The molecule has 1 aromatic heterocycles. The number of esters is 2. The molecule has 0 unspecified atom stereocenters. The fourth-order valence-corrected chi connectivity index (χ4v) is 3.61. The Morgan fingerprint density at radius 3 is 2.17 bits per heavy atom. The Labute approximate surface area is 216 Å². The molecule has 0 atom stereocenters. The minimum absolute atomic E-state index is 0.179. The Morgan fingerprint density at radius 2 is 1.58 bits per heavy atom. The lowest BCUT2D eigenvalue weighted by molar-refractivity contribution is -0.154. The first-order valence-corrected chi connectivity index (χ1v) is 12.7. The molecule has 0 aliphatic rings. The van der Waals surface area contributed by atoms with E-state index in [0.29, 0.717) is 52.2 Å². The lowest BCUT2D eigenvalue weighted by Gasteiger charge is -2.24. The van der Waals surface area contributed by atoms with Crippen molar-refractivity contribution < 1.29 is 28.6 Å². The zero-order valence-corrected chi connectivity index (χ0v) is 23.7. The Balaban J connectivity index is 2.76. The van der Waals surface area contributed by atoms with E-state index in [-0.39, 0.29) is 18.4 Å². The predicted octanol–water partition coefficient (Wildman–Crippen LogP) is 3.55. The van der Waals surface area contributed by atoms with Crippen LogP contribution in [0.5, 0.6) is 0 Å². The smallest absolute Gasteiger partial charge is 0.407 e. The molecule has 0 radical (unpaired) electrons. The van der Waals surface area contributed by atoms with Crippen LogP contribution in [-0.2, 0) is 36.8 Å². The predicted molar refractivity (Wildman–Crippen MR) is 138 cm³/mol. The zero-order valence-electron chi connectivity index (χ0n) is 23.7. The van der Waals surface area contributed by atoms with Crippen LogP contribution < -0.4 is 5.32 Å². The Morgan fingerprint density at radius 1 is 0.944 bits per heavy atom. The molecule has 1 amide bonds. The van der Waals surface area contributed by atoms with Gasteiger partial charge in [0.25, 0.3) is 0 Å². The number of hydrogen-bond donors (Lipinski definition) is 1. The van der Waals surface area contributed by atoms with Crippen LogP contribution in [0.2, 0.25) is 0 Å². The highest BCUT2D eigenvalue weighted by Crippen LogP contribution is 2.17. The van der Waals surface area contributed by atoms with E-state index in [9.17, 15) is 14.4 Å². The van der Waals surface area contributed by atoms with E-state index in [0.717, 1.165) is 17.0 Å². The van der Waals surface area contributed by atoms with Crippen LogP contribution >= 0.6 is 0 Å². The molecular formula is C26H46N4O6. The van der Waals surface area contributed by atoms with Gasteiger partial charge in [-0.1, -0.05) is 0 Å². The van der Waals surface area contributed by atoms with Gasteiger partial charge in [0.2, 0.25) is 0 Å². The minimum atomic E-state index is -0.560. The summed E-state index contributed by atoms with van der Waals surface area (Å²) in [6, 6.07) is 0. The van der Waals surface area contributed by atoms with E-state index in [1.807, 2.05) is 60.1 Å². The van der Waals surface area contributed by atoms with Crippen LogP contribution in [0.1, 0.15) is 78.3 Å². The number of aryl methyl sites for hydroxylation is 1. The summed E-state index contributed by atoms with van der Waals surface area (Å²) in [5.41, 5.74) is 1.52. The summed E-state index contributed by atoms with van der Waals surface area (Å²) in [6.07, 6.45) is 0.702. The monoisotopic (exact) mass is 510 g/mol. The highest BCUT2D eigenvalue weighted by Gasteiger charge is 2.21. The second-order valence-corrected chi connectivity index (χ2v) is 10.8. The highest BCUT2D eigenvalue weighted by molar-refractivity contribution is 5.73. The third-order valence-electron chi connectivity index (χ3n) is 5.16. The molecule has 0 aromatic carbocycles. The van der Waals surface area contributed by atoms with Gasteiger partial charge in [-0.2, -0.15) is 5.10 Å². The summed E-state index contributed by atoms with van der Waals surface area (Å²) in [4.78, 5) is 38.2. The molecule has 1 rings (SSSR count). The second kappa shape index (κ2) is 14.2. The second-order valence-electron chi connectivity index (χ2n) is 10.8. The topological polar surface area (TPSA) is 112 Å². The number of aromatic nitrogens is 2. The van der Waals surface area contributed by atoms with Crippen LogP contribution in [0.3, 0.4) is 0 Å². The largest absolute Gasteiger partial charge is 0.466 e. The summed E-state index contributed by atoms with van der Waals surface area (Å²) < 4.78 is 17.7. The molecule has 36 heavy (non-hydrogen) atoms. The molecule has 1 aromatic rings. The first-order valence-electron chi connectivity index (χ1n) is 12.7. The summed E-state index contributed by atoms with van der Waals surface area (Å²) in [6.45, 7) is 19.9. The van der Waals surface area contributed by atoms with Crippen molar-refractivity contribution in [2.24, 2.45) is 0 Å². The maximum atomic E-state index is 12.3. The number of amides is 1. The molecule has 1 N–H and O–H groups in total. The van der Waals surface area contributed by atoms with E-state index in [2.05, 4.69) is 15.3 Å². The van der Waals surface area contributed by atoms with Gasteiger partial charge in [0.15, 0.2) is 0 Å². The molecule has 0 saturated heterocycles. The summed E-state index contributed by atoms with van der Waals surface area (Å²) in [5, 5.41) is 7.42. The van der Waals surface area contributed by atoms with Gasteiger partial charge in [0.1, 0.15) is 11.2 Å². The average molecular weight is 511 g/mol. The summed E-state index contributed by atoms with van der Waals surface area (Å²) in [7, 11) is 0. The number of nitrogens with one attached hydrogen (secondary N) is 1. The zero-order chi connectivity index (χ0) is 27.5. The number of rotatable bonds is 13. The van der Waals surface area contributed by atoms with E-state index < -0.39 is 17.3 Å². The molecule has 0 aliphatic carbocycles. The van der Waals surface area contributed by atoms with Gasteiger partial charge in [-0.3, -0.25) is 19.2 Å². The van der Waals surface area contributed by atoms with Crippen LogP contribution in [-0.4, -0.2) is 76.7 Å². The maximum Gasteiger partial charge on any atom is 0.407 e. The molecule has 10 nitrogen and oxygen atoms in total. The molecule has 0 aliphatic heterocycles. The van der Waals surface area contributed by atoms with E-state index >= 15 is 0 Å². The van der Waals surface area contributed by atoms with Crippen molar-refractivity contribution in [3.8, 4) is 0 Å². The Kier molecular flexibility index (Phi) is 12.4. The van der Waals surface area contributed by atoms with Gasteiger partial charge in [0.05, 0.1) is 25.3 Å². The molecule has 1 heterocycles. The molecule has 206 valence electrons. The maximum absolute atomic E-state index is 12.3. The lowest BCUT2D eigenvalue weighted by Crippen LogP contribution is -2.39. The number of nitrogens with zero attached hydrogens (tertiary/aromatic N) is 3. The van der Waals surface area contributed by atoms with E-state index in [1.165, 1.54) is 0 Å². The molecule has 0 spiro atoms. The van der Waals surface area contributed by atoms with E-state index in [1.54, 1.807) is 6.92 Å². The summed E-state index contributed by atoms with van der Waals surface area (Å²) in [5.74, 6) is -0.489. The van der Waals surface area contributed by atoms with Gasteiger partial charge in [0, 0.05) is 37.3 Å². The quantitative estimate of drug-likeness (QED) is 0.317. The van der Waals surface area contributed by atoms with Gasteiger partial charge in [-0.15, -0.1) is 0 Å². The highest BCUT2D eigenvalue weighted by atomic mass is 16.6. The minimum Gasteiger partial charge on any atom is -0.466 e. The number of carbonyl (C=O) groups excluding carboxylic acids is 3. The molecule has 0 fully saturated rings. The Hall–Kier alpha value is -2.62. The van der Waals surface area contributed by atoms with Crippen LogP contribution in [0.25, 0.3) is 0 Å². The van der Waals surface area contributed by atoms with Crippen molar-refractivity contribution >= 4 is 18.0 Å². The third kappa shape index (κ3) is 12.9. The van der Waals surface area contributed by atoms with Crippen molar-refractivity contribution in [2.75, 3.05) is 32.8 Å². The number of ether oxygens (including phenoxy) is 3. The molecule has 0 bridgehead atoms. The first kappa shape index (κ1) is 31.4. The molecule has 10 heteroatoms. The van der Waals surface area contributed by atoms with Gasteiger partial charge < -0.3 is 19.5 Å². The van der Waals surface area contributed by atoms with Crippen molar-refractivity contribution in [1.82, 2.24) is 20.0 Å². The van der Waals surface area contributed by atoms with E-state index in [4.69, 9.17) is 14.2 Å². The van der Waals surface area contributed by atoms with Crippen molar-refractivity contribution in [2.45, 2.75) is 99.3 Å². The molecular weight excluding hydrogens is 464 g/mol. The standard InChI is InChI=1S/C26H46N4O6/c1-10-34-22(31)12-11-14-29(15-13-27-24(33)36-26(7,8)9)16-17-30-20(3)21(19(2)28-30)18-23(32)35-25(4,5)6/h10-18H2,1-9H3,(H,27,33). The van der Waals surface area contributed by atoms with Gasteiger partial charge in [-0.05, 0) is 75.3 Å². The van der Waals surface area contributed by atoms with Crippen LogP contribution in [0.15, 0.2) is 0 Å².